The van der Waals surface area contributed by atoms with Crippen LogP contribution in [0.15, 0.2) is 24.3 Å². The average Bonchev–Trinajstić information content (AvgIpc) is 2.57. The highest BCUT2D eigenvalue weighted by Crippen LogP contribution is 2.17. The summed E-state index contributed by atoms with van der Waals surface area (Å²) in [4.78, 5) is 25.7. The Morgan fingerprint density at radius 1 is 1.29 bits per heavy atom. The van der Waals surface area contributed by atoms with Gasteiger partial charge in [0, 0.05) is 31.3 Å². The predicted molar refractivity (Wildman–Crippen MR) is 91.2 cm³/mol. The maximum Gasteiger partial charge on any atom is 0.260 e. The molecule has 6 nitrogen and oxygen atoms in total. The van der Waals surface area contributed by atoms with Crippen LogP contribution in [0, 0.1) is 0 Å². The number of piperidine rings is 1. The molecule has 0 bridgehead atoms. The summed E-state index contributed by atoms with van der Waals surface area (Å²) in [5.74, 6) is 0.426. The van der Waals surface area contributed by atoms with Crippen molar-refractivity contribution >= 4 is 23.4 Å². The second-order valence-corrected chi connectivity index (χ2v) is 6.25. The van der Waals surface area contributed by atoms with Crippen molar-refractivity contribution in [3.8, 4) is 5.75 Å². The zero-order chi connectivity index (χ0) is 17.5. The summed E-state index contributed by atoms with van der Waals surface area (Å²) < 4.78 is 10.5. The molecule has 0 aliphatic carbocycles. The zero-order valence-corrected chi connectivity index (χ0v) is 14.7. The Balaban J connectivity index is 1.76. The molecule has 1 fully saturated rings. The van der Waals surface area contributed by atoms with Gasteiger partial charge in [-0.25, -0.2) is 0 Å². The molecule has 0 spiro atoms. The lowest BCUT2D eigenvalue weighted by Crippen LogP contribution is -2.49. The minimum Gasteiger partial charge on any atom is -0.481 e. The van der Waals surface area contributed by atoms with E-state index in [1.807, 2.05) is 0 Å². The van der Waals surface area contributed by atoms with Crippen LogP contribution in [0.2, 0.25) is 5.02 Å². The minimum absolute atomic E-state index is 0.0123. The maximum atomic E-state index is 12.2. The first-order chi connectivity index (χ1) is 11.5. The van der Waals surface area contributed by atoms with Crippen LogP contribution >= 0.6 is 11.6 Å². The maximum absolute atomic E-state index is 12.2. The van der Waals surface area contributed by atoms with Gasteiger partial charge in [-0.3, -0.25) is 9.59 Å². The predicted octanol–water partition coefficient (Wildman–Crippen LogP) is 1.86. The SMILES string of the molecule is COCC(=O)N1CCC(NC(=O)C(C)Oc2ccc(Cl)cc2)CC1. The van der Waals surface area contributed by atoms with Gasteiger partial charge in [0.2, 0.25) is 5.91 Å². The minimum atomic E-state index is -0.598. The van der Waals surface area contributed by atoms with Crippen LogP contribution < -0.4 is 10.1 Å². The fourth-order valence-electron chi connectivity index (χ4n) is 2.58. The quantitative estimate of drug-likeness (QED) is 0.846. The molecule has 1 aliphatic rings. The molecule has 1 aromatic rings. The van der Waals surface area contributed by atoms with Gasteiger partial charge in [0.1, 0.15) is 12.4 Å². The number of benzene rings is 1. The number of nitrogens with one attached hydrogen (secondary N) is 1. The van der Waals surface area contributed by atoms with Gasteiger partial charge in [0.05, 0.1) is 0 Å². The number of nitrogens with zero attached hydrogens (tertiary/aromatic N) is 1. The molecule has 1 aromatic carbocycles. The topological polar surface area (TPSA) is 67.9 Å². The molecule has 1 unspecified atom stereocenters. The number of methoxy groups -OCH3 is 1. The summed E-state index contributed by atoms with van der Waals surface area (Å²) in [6, 6.07) is 6.95. The Morgan fingerprint density at radius 3 is 2.50 bits per heavy atom. The highest BCUT2D eigenvalue weighted by Gasteiger charge is 2.25. The Hall–Kier alpha value is -1.79. The van der Waals surface area contributed by atoms with Crippen molar-refractivity contribution in [1.82, 2.24) is 10.2 Å². The van der Waals surface area contributed by atoms with E-state index in [4.69, 9.17) is 21.1 Å². The van der Waals surface area contributed by atoms with Crippen molar-refractivity contribution in [3.05, 3.63) is 29.3 Å². The van der Waals surface area contributed by atoms with E-state index in [2.05, 4.69) is 5.32 Å². The third-order valence-corrected chi connectivity index (χ3v) is 4.21. The first kappa shape index (κ1) is 18.5. The number of carbonyl (C=O) groups excluding carboxylic acids is 2. The van der Waals surface area contributed by atoms with Crippen LogP contribution in [0.1, 0.15) is 19.8 Å². The largest absolute Gasteiger partial charge is 0.481 e. The van der Waals surface area contributed by atoms with Crippen LogP contribution in [0.25, 0.3) is 0 Å². The lowest BCUT2D eigenvalue weighted by Gasteiger charge is -2.32. The number of hydrogen-bond acceptors (Lipinski definition) is 4. The molecule has 2 amide bonds. The van der Waals surface area contributed by atoms with Gasteiger partial charge in [-0.15, -0.1) is 0 Å². The second-order valence-electron chi connectivity index (χ2n) is 5.81. The van der Waals surface area contributed by atoms with Gasteiger partial charge in [-0.05, 0) is 44.0 Å². The molecule has 2 rings (SSSR count). The molecule has 132 valence electrons. The van der Waals surface area contributed by atoms with Crippen molar-refractivity contribution < 1.29 is 19.1 Å². The van der Waals surface area contributed by atoms with Crippen LogP contribution in [-0.2, 0) is 14.3 Å². The number of carbonyl (C=O) groups is 2. The number of halogens is 1. The van der Waals surface area contributed by atoms with Crippen molar-refractivity contribution in [2.45, 2.75) is 31.9 Å². The molecule has 24 heavy (non-hydrogen) atoms. The molecule has 0 saturated carbocycles. The lowest BCUT2D eigenvalue weighted by atomic mass is 10.0. The van der Waals surface area contributed by atoms with Gasteiger partial charge in [-0.1, -0.05) is 11.6 Å². The molecule has 1 atom stereocenters. The summed E-state index contributed by atoms with van der Waals surface area (Å²) >= 11 is 5.82. The van der Waals surface area contributed by atoms with E-state index in [0.29, 0.717) is 23.9 Å². The normalized spacial score (nSPS) is 16.5. The molecular weight excluding hydrogens is 332 g/mol. The van der Waals surface area contributed by atoms with E-state index >= 15 is 0 Å². The standard InChI is InChI=1S/C17H23ClN2O4/c1-12(24-15-5-3-13(18)4-6-15)17(22)19-14-7-9-20(10-8-14)16(21)11-23-2/h3-6,12,14H,7-11H2,1-2H3,(H,19,22). The number of hydrogen-bond donors (Lipinski definition) is 1. The van der Waals surface area contributed by atoms with Crippen molar-refractivity contribution in [3.63, 3.8) is 0 Å². The molecule has 1 N–H and O–H groups in total. The summed E-state index contributed by atoms with van der Waals surface area (Å²) in [6.07, 6.45) is 0.864. The molecular formula is C17H23ClN2O4. The Kier molecular flexibility index (Phi) is 6.87. The van der Waals surface area contributed by atoms with E-state index in [1.165, 1.54) is 7.11 Å². The summed E-state index contributed by atoms with van der Waals surface area (Å²) in [6.45, 7) is 3.06. The third-order valence-electron chi connectivity index (χ3n) is 3.96. The fourth-order valence-corrected chi connectivity index (χ4v) is 2.70. The van der Waals surface area contributed by atoms with Gasteiger partial charge in [0.25, 0.3) is 5.91 Å². The highest BCUT2D eigenvalue weighted by molar-refractivity contribution is 6.30. The van der Waals surface area contributed by atoms with E-state index in [9.17, 15) is 9.59 Å². The second kappa shape index (κ2) is 8.89. The van der Waals surface area contributed by atoms with E-state index in [1.54, 1.807) is 36.1 Å². The molecule has 0 radical (unpaired) electrons. The van der Waals surface area contributed by atoms with Crippen LogP contribution in [0.4, 0.5) is 0 Å². The Bertz CT molecular complexity index is 556. The summed E-state index contributed by atoms with van der Waals surface area (Å²) in [5, 5.41) is 3.60. The average molecular weight is 355 g/mol. The smallest absolute Gasteiger partial charge is 0.260 e. The lowest BCUT2D eigenvalue weighted by molar-refractivity contribution is -0.136. The summed E-state index contributed by atoms with van der Waals surface area (Å²) in [7, 11) is 1.51. The highest BCUT2D eigenvalue weighted by atomic mass is 35.5. The molecule has 1 saturated heterocycles. The first-order valence-electron chi connectivity index (χ1n) is 7.99. The fraction of sp³-hybridized carbons (Fsp3) is 0.529. The monoisotopic (exact) mass is 354 g/mol. The van der Waals surface area contributed by atoms with Gasteiger partial charge in [0.15, 0.2) is 6.10 Å². The van der Waals surface area contributed by atoms with Crippen LogP contribution in [0.3, 0.4) is 0 Å². The molecule has 1 heterocycles. The summed E-state index contributed by atoms with van der Waals surface area (Å²) in [5.41, 5.74) is 0. The van der Waals surface area contributed by atoms with Crippen molar-refractivity contribution in [2.75, 3.05) is 26.8 Å². The number of likely N-dealkylation sites (tertiary alicyclic amines) is 1. The van der Waals surface area contributed by atoms with Crippen molar-refractivity contribution in [2.24, 2.45) is 0 Å². The van der Waals surface area contributed by atoms with Gasteiger partial charge < -0.3 is 19.7 Å². The van der Waals surface area contributed by atoms with Gasteiger partial charge in [-0.2, -0.15) is 0 Å². The first-order valence-corrected chi connectivity index (χ1v) is 8.36. The molecule has 1 aliphatic heterocycles. The molecule has 7 heteroatoms. The van der Waals surface area contributed by atoms with Gasteiger partial charge >= 0.3 is 0 Å². The van der Waals surface area contributed by atoms with E-state index in [0.717, 1.165) is 12.8 Å². The van der Waals surface area contributed by atoms with E-state index < -0.39 is 6.10 Å². The van der Waals surface area contributed by atoms with E-state index in [-0.39, 0.29) is 24.5 Å². The Morgan fingerprint density at radius 2 is 1.92 bits per heavy atom. The Labute approximate surface area is 147 Å². The number of amides is 2. The molecule has 0 aromatic heterocycles. The zero-order valence-electron chi connectivity index (χ0n) is 14.0. The third kappa shape index (κ3) is 5.39. The van der Waals surface area contributed by atoms with Crippen molar-refractivity contribution in [1.29, 1.82) is 0 Å². The van der Waals surface area contributed by atoms with Crippen LogP contribution in [-0.4, -0.2) is 55.7 Å². The number of ether oxygens (including phenoxy) is 2. The number of rotatable bonds is 6. The van der Waals surface area contributed by atoms with Crippen LogP contribution in [0.5, 0.6) is 5.75 Å².